The third-order valence-electron chi connectivity index (χ3n) is 4.75. The van der Waals surface area contributed by atoms with Gasteiger partial charge in [0.05, 0.1) is 4.34 Å². The van der Waals surface area contributed by atoms with Crippen LogP contribution >= 0.6 is 22.9 Å². The molecule has 0 saturated carbocycles. The highest BCUT2D eigenvalue weighted by Gasteiger charge is 2.22. The summed E-state index contributed by atoms with van der Waals surface area (Å²) >= 11 is 7.63. The zero-order chi connectivity index (χ0) is 18.4. The number of thiophene rings is 1. The maximum Gasteiger partial charge on any atom is 0.317 e. The van der Waals surface area contributed by atoms with Crippen LogP contribution in [0.15, 0.2) is 42.5 Å². The highest BCUT2D eigenvalue weighted by Crippen LogP contribution is 2.23. The average Bonchev–Trinajstić information content (AvgIpc) is 3.06. The molecule has 26 heavy (non-hydrogen) atoms. The van der Waals surface area contributed by atoms with E-state index in [-0.39, 0.29) is 12.1 Å². The Morgan fingerprint density at radius 3 is 2.54 bits per heavy atom. The molecule has 0 spiro atoms. The van der Waals surface area contributed by atoms with E-state index in [0.29, 0.717) is 0 Å². The number of halogens is 1. The zero-order valence-electron chi connectivity index (χ0n) is 15.2. The van der Waals surface area contributed by atoms with E-state index in [0.717, 1.165) is 49.9 Å². The van der Waals surface area contributed by atoms with Crippen LogP contribution < -0.4 is 5.32 Å². The van der Waals surface area contributed by atoms with Gasteiger partial charge < -0.3 is 10.2 Å². The van der Waals surface area contributed by atoms with Gasteiger partial charge in [-0.3, -0.25) is 4.90 Å². The molecule has 1 atom stereocenters. The minimum atomic E-state index is 0.0596. The van der Waals surface area contributed by atoms with Gasteiger partial charge in [0.1, 0.15) is 0 Å². The Labute approximate surface area is 164 Å². The molecule has 2 amide bonds. The molecule has 2 aromatic rings. The van der Waals surface area contributed by atoms with Gasteiger partial charge in [0, 0.05) is 43.6 Å². The third kappa shape index (κ3) is 5.73. The third-order valence-corrected chi connectivity index (χ3v) is 5.96. The Balaban J connectivity index is 1.37. The summed E-state index contributed by atoms with van der Waals surface area (Å²) in [6.45, 7) is 6.35. The van der Waals surface area contributed by atoms with Crippen molar-refractivity contribution >= 4 is 29.0 Å². The van der Waals surface area contributed by atoms with E-state index in [4.69, 9.17) is 11.6 Å². The summed E-state index contributed by atoms with van der Waals surface area (Å²) in [7, 11) is 0. The summed E-state index contributed by atoms with van der Waals surface area (Å²) in [5.74, 6) is 0. The van der Waals surface area contributed by atoms with Crippen molar-refractivity contribution in [2.45, 2.75) is 32.4 Å². The zero-order valence-corrected chi connectivity index (χ0v) is 16.7. The quantitative estimate of drug-likeness (QED) is 0.798. The molecule has 1 aromatic carbocycles. The minimum absolute atomic E-state index is 0.0596. The largest absolute Gasteiger partial charge is 0.336 e. The Morgan fingerprint density at radius 2 is 1.88 bits per heavy atom. The lowest BCUT2D eigenvalue weighted by Crippen LogP contribution is -2.52. The minimum Gasteiger partial charge on any atom is -0.336 e. The first-order chi connectivity index (χ1) is 12.6. The molecule has 1 unspecified atom stereocenters. The average molecular weight is 392 g/mol. The van der Waals surface area contributed by atoms with Crippen LogP contribution in [0.3, 0.4) is 0 Å². The Kier molecular flexibility index (Phi) is 6.94. The smallest absolute Gasteiger partial charge is 0.317 e. The van der Waals surface area contributed by atoms with Crippen molar-refractivity contribution in [3.8, 4) is 0 Å². The summed E-state index contributed by atoms with van der Waals surface area (Å²) in [5.41, 5.74) is 1.32. The van der Waals surface area contributed by atoms with Crippen LogP contribution in [0.5, 0.6) is 0 Å². The number of piperazine rings is 1. The maximum absolute atomic E-state index is 12.5. The van der Waals surface area contributed by atoms with Gasteiger partial charge in [-0.25, -0.2) is 4.79 Å². The van der Waals surface area contributed by atoms with Crippen LogP contribution in [0.25, 0.3) is 0 Å². The van der Waals surface area contributed by atoms with Crippen molar-refractivity contribution in [2.75, 3.05) is 26.2 Å². The second kappa shape index (κ2) is 9.40. The van der Waals surface area contributed by atoms with Crippen LogP contribution in [0.4, 0.5) is 4.79 Å². The van der Waals surface area contributed by atoms with Crippen molar-refractivity contribution < 1.29 is 4.79 Å². The number of benzene rings is 1. The highest BCUT2D eigenvalue weighted by molar-refractivity contribution is 7.16. The lowest BCUT2D eigenvalue weighted by atomic mass is 10.1. The van der Waals surface area contributed by atoms with Crippen LogP contribution in [-0.4, -0.2) is 48.1 Å². The molecule has 1 saturated heterocycles. The molecule has 1 aromatic heterocycles. The Hall–Kier alpha value is -1.56. The van der Waals surface area contributed by atoms with E-state index in [9.17, 15) is 4.79 Å². The van der Waals surface area contributed by atoms with Gasteiger partial charge in [-0.1, -0.05) is 41.9 Å². The summed E-state index contributed by atoms with van der Waals surface area (Å²) in [5, 5.41) is 3.14. The first-order valence-corrected chi connectivity index (χ1v) is 10.4. The topological polar surface area (TPSA) is 35.6 Å². The van der Waals surface area contributed by atoms with Crippen LogP contribution in [0.2, 0.25) is 4.34 Å². The number of carbonyl (C=O) groups is 1. The number of nitrogens with zero attached hydrogens (tertiary/aromatic N) is 2. The molecule has 0 radical (unpaired) electrons. The van der Waals surface area contributed by atoms with Gasteiger partial charge in [-0.05, 0) is 37.5 Å². The molecule has 140 valence electrons. The number of nitrogens with one attached hydrogen (secondary N) is 1. The Morgan fingerprint density at radius 1 is 1.15 bits per heavy atom. The van der Waals surface area contributed by atoms with E-state index >= 15 is 0 Å². The molecule has 1 aliphatic heterocycles. The monoisotopic (exact) mass is 391 g/mol. The van der Waals surface area contributed by atoms with Crippen LogP contribution in [-0.2, 0) is 13.0 Å². The molecular formula is C20H26ClN3OS. The molecule has 1 aliphatic rings. The fourth-order valence-corrected chi connectivity index (χ4v) is 4.30. The number of hydrogen-bond acceptors (Lipinski definition) is 3. The van der Waals surface area contributed by atoms with Crippen molar-refractivity contribution in [1.82, 2.24) is 15.1 Å². The lowest BCUT2D eigenvalue weighted by molar-refractivity contribution is 0.134. The standard InChI is InChI=1S/C20H26ClN3OS/c1-16(7-8-17-5-3-2-4-6-17)22-20(25)24-13-11-23(12-14-24)15-18-9-10-19(21)26-18/h2-6,9-10,16H,7-8,11-15H2,1H3,(H,22,25). The van der Waals surface area contributed by atoms with Gasteiger partial charge in [-0.15, -0.1) is 11.3 Å². The maximum atomic E-state index is 12.5. The molecule has 3 rings (SSSR count). The number of hydrogen-bond donors (Lipinski definition) is 1. The molecule has 0 aliphatic carbocycles. The normalized spacial score (nSPS) is 16.5. The predicted molar refractivity (Wildman–Crippen MR) is 109 cm³/mol. The first kappa shape index (κ1) is 19.2. The molecule has 6 heteroatoms. The molecule has 1 fully saturated rings. The molecule has 4 nitrogen and oxygen atoms in total. The number of carbonyl (C=O) groups excluding carboxylic acids is 1. The summed E-state index contributed by atoms with van der Waals surface area (Å²) in [6, 6.07) is 14.7. The van der Waals surface area contributed by atoms with E-state index < -0.39 is 0 Å². The van der Waals surface area contributed by atoms with E-state index in [1.165, 1.54) is 10.4 Å². The highest BCUT2D eigenvalue weighted by atomic mass is 35.5. The van der Waals surface area contributed by atoms with Gasteiger partial charge in [0.25, 0.3) is 0 Å². The predicted octanol–water partition coefficient (Wildman–Crippen LogP) is 4.25. The first-order valence-electron chi connectivity index (χ1n) is 9.16. The number of amides is 2. The van der Waals surface area contributed by atoms with Crippen molar-refractivity contribution in [3.05, 3.63) is 57.2 Å². The van der Waals surface area contributed by atoms with E-state index in [2.05, 4.69) is 47.5 Å². The fraction of sp³-hybridized carbons (Fsp3) is 0.450. The Bertz CT molecular complexity index is 698. The SMILES string of the molecule is CC(CCc1ccccc1)NC(=O)N1CCN(Cc2ccc(Cl)s2)CC1. The van der Waals surface area contributed by atoms with Crippen molar-refractivity contribution in [1.29, 1.82) is 0 Å². The second-order valence-corrected chi connectivity index (χ2v) is 8.64. The summed E-state index contributed by atoms with van der Waals surface area (Å²) < 4.78 is 0.836. The molecule has 2 heterocycles. The van der Waals surface area contributed by atoms with Crippen LogP contribution in [0, 0.1) is 0 Å². The van der Waals surface area contributed by atoms with Gasteiger partial charge in [-0.2, -0.15) is 0 Å². The fourth-order valence-electron chi connectivity index (χ4n) is 3.17. The number of rotatable bonds is 6. The van der Waals surface area contributed by atoms with Gasteiger partial charge >= 0.3 is 6.03 Å². The van der Waals surface area contributed by atoms with Crippen molar-refractivity contribution in [3.63, 3.8) is 0 Å². The van der Waals surface area contributed by atoms with E-state index in [1.54, 1.807) is 11.3 Å². The second-order valence-electron chi connectivity index (χ2n) is 6.84. The number of urea groups is 1. The van der Waals surface area contributed by atoms with Crippen molar-refractivity contribution in [2.24, 2.45) is 0 Å². The lowest BCUT2D eigenvalue weighted by Gasteiger charge is -2.35. The van der Waals surface area contributed by atoms with Gasteiger partial charge in [0.15, 0.2) is 0 Å². The molecular weight excluding hydrogens is 366 g/mol. The van der Waals surface area contributed by atoms with Crippen LogP contribution in [0.1, 0.15) is 23.8 Å². The summed E-state index contributed by atoms with van der Waals surface area (Å²) in [6.07, 6.45) is 1.94. The summed E-state index contributed by atoms with van der Waals surface area (Å²) in [4.78, 5) is 18.1. The number of aryl methyl sites for hydroxylation is 1. The van der Waals surface area contributed by atoms with E-state index in [1.807, 2.05) is 17.0 Å². The molecule has 1 N–H and O–H groups in total. The van der Waals surface area contributed by atoms with Gasteiger partial charge in [0.2, 0.25) is 0 Å². The molecule has 0 bridgehead atoms.